The smallest absolute Gasteiger partial charge is 0.337 e. The normalized spacial score (nSPS) is 18.9. The van der Waals surface area contributed by atoms with E-state index in [1.807, 2.05) is 0 Å². The van der Waals surface area contributed by atoms with Gasteiger partial charge in [0, 0.05) is 6.61 Å². The van der Waals surface area contributed by atoms with E-state index in [0.29, 0.717) is 13.0 Å². The van der Waals surface area contributed by atoms with Crippen LogP contribution in [0.25, 0.3) is 0 Å². The topological polar surface area (TPSA) is 75.6 Å². The standard InChI is InChI=1S/C13H14FNO4/c14-8-4-5-10(9(7-8)13(17)18)15-12(16)11-3-1-2-6-19-11/h4-5,7,11H,1-3,6H2,(H,15,16)(H,17,18). The Morgan fingerprint density at radius 2 is 2.16 bits per heavy atom. The predicted octanol–water partition coefficient (Wildman–Crippen LogP) is 2.03. The summed E-state index contributed by atoms with van der Waals surface area (Å²) in [4.78, 5) is 22.9. The number of amides is 1. The average Bonchev–Trinajstić information content (AvgIpc) is 2.41. The van der Waals surface area contributed by atoms with Crippen LogP contribution in [0.3, 0.4) is 0 Å². The Balaban J connectivity index is 2.13. The third-order valence-electron chi connectivity index (χ3n) is 2.94. The molecule has 1 atom stereocenters. The van der Waals surface area contributed by atoms with E-state index < -0.39 is 23.8 Å². The van der Waals surface area contributed by atoms with Crippen LogP contribution in [0.4, 0.5) is 10.1 Å². The molecular formula is C13H14FNO4. The molecule has 0 radical (unpaired) electrons. The molecule has 1 aliphatic rings. The molecule has 5 nitrogen and oxygen atoms in total. The molecule has 102 valence electrons. The predicted molar refractivity (Wildman–Crippen MR) is 65.6 cm³/mol. The van der Waals surface area contributed by atoms with Gasteiger partial charge >= 0.3 is 5.97 Å². The summed E-state index contributed by atoms with van der Waals surface area (Å²) >= 11 is 0. The third-order valence-corrected chi connectivity index (χ3v) is 2.94. The van der Waals surface area contributed by atoms with Gasteiger partial charge in [-0.3, -0.25) is 4.79 Å². The molecule has 1 aromatic rings. The molecule has 19 heavy (non-hydrogen) atoms. The number of rotatable bonds is 3. The summed E-state index contributed by atoms with van der Waals surface area (Å²) in [5.41, 5.74) is -0.197. The van der Waals surface area contributed by atoms with Crippen molar-refractivity contribution in [3.8, 4) is 0 Å². The molecule has 1 saturated heterocycles. The van der Waals surface area contributed by atoms with Crippen LogP contribution in [0, 0.1) is 5.82 Å². The number of carboxylic acid groups (broad SMARTS) is 1. The molecule has 0 aliphatic carbocycles. The number of ether oxygens (including phenoxy) is 1. The number of benzene rings is 1. The quantitative estimate of drug-likeness (QED) is 0.878. The van der Waals surface area contributed by atoms with Crippen LogP contribution in [0.5, 0.6) is 0 Å². The van der Waals surface area contributed by atoms with Gasteiger partial charge in [0.1, 0.15) is 11.9 Å². The van der Waals surface area contributed by atoms with Crippen molar-refractivity contribution < 1.29 is 23.8 Å². The van der Waals surface area contributed by atoms with Crippen molar-refractivity contribution in [2.75, 3.05) is 11.9 Å². The fourth-order valence-electron chi connectivity index (χ4n) is 1.96. The number of carboxylic acids is 1. The van der Waals surface area contributed by atoms with Gasteiger partial charge in [-0.15, -0.1) is 0 Å². The van der Waals surface area contributed by atoms with Crippen molar-refractivity contribution in [1.82, 2.24) is 0 Å². The van der Waals surface area contributed by atoms with Crippen molar-refractivity contribution in [1.29, 1.82) is 0 Å². The van der Waals surface area contributed by atoms with Gasteiger partial charge in [0.15, 0.2) is 0 Å². The summed E-state index contributed by atoms with van der Waals surface area (Å²) in [6.45, 7) is 0.521. The van der Waals surface area contributed by atoms with E-state index in [-0.39, 0.29) is 11.3 Å². The van der Waals surface area contributed by atoms with E-state index in [1.165, 1.54) is 6.07 Å². The SMILES string of the molecule is O=C(O)c1cc(F)ccc1NC(=O)C1CCCCO1. The van der Waals surface area contributed by atoms with Crippen molar-refractivity contribution in [3.63, 3.8) is 0 Å². The van der Waals surface area contributed by atoms with Gasteiger partial charge in [0.25, 0.3) is 5.91 Å². The van der Waals surface area contributed by atoms with Crippen molar-refractivity contribution in [2.24, 2.45) is 0 Å². The molecule has 0 spiro atoms. The lowest BCUT2D eigenvalue weighted by Gasteiger charge is -2.22. The Hall–Kier alpha value is -1.95. The molecule has 1 aliphatic heterocycles. The van der Waals surface area contributed by atoms with Gasteiger partial charge < -0.3 is 15.2 Å². The molecule has 2 rings (SSSR count). The molecule has 1 aromatic carbocycles. The molecule has 0 saturated carbocycles. The lowest BCUT2D eigenvalue weighted by molar-refractivity contribution is -0.129. The first-order valence-electron chi connectivity index (χ1n) is 6.03. The molecular weight excluding hydrogens is 253 g/mol. The summed E-state index contributed by atoms with van der Waals surface area (Å²) in [7, 11) is 0. The minimum Gasteiger partial charge on any atom is -0.478 e. The summed E-state index contributed by atoms with van der Waals surface area (Å²) in [6.07, 6.45) is 1.85. The van der Waals surface area contributed by atoms with Crippen molar-refractivity contribution in [2.45, 2.75) is 25.4 Å². The van der Waals surface area contributed by atoms with E-state index in [9.17, 15) is 14.0 Å². The van der Waals surface area contributed by atoms with Crippen LogP contribution in [0.1, 0.15) is 29.6 Å². The fourth-order valence-corrected chi connectivity index (χ4v) is 1.96. The Bertz CT molecular complexity index is 497. The van der Waals surface area contributed by atoms with Crippen LogP contribution < -0.4 is 5.32 Å². The number of carbonyl (C=O) groups excluding carboxylic acids is 1. The average molecular weight is 267 g/mol. The molecule has 1 amide bonds. The van der Waals surface area contributed by atoms with E-state index in [0.717, 1.165) is 25.0 Å². The van der Waals surface area contributed by atoms with Crippen LogP contribution in [-0.4, -0.2) is 29.7 Å². The van der Waals surface area contributed by atoms with Crippen molar-refractivity contribution in [3.05, 3.63) is 29.6 Å². The van der Waals surface area contributed by atoms with E-state index >= 15 is 0 Å². The zero-order chi connectivity index (χ0) is 13.8. The highest BCUT2D eigenvalue weighted by molar-refractivity contribution is 6.01. The molecule has 1 heterocycles. The minimum absolute atomic E-state index is 0.0769. The Morgan fingerprint density at radius 1 is 1.37 bits per heavy atom. The second-order valence-corrected chi connectivity index (χ2v) is 4.34. The van der Waals surface area contributed by atoms with Gasteiger partial charge in [-0.2, -0.15) is 0 Å². The lowest BCUT2D eigenvalue weighted by atomic mass is 10.1. The summed E-state index contributed by atoms with van der Waals surface area (Å²) in [6, 6.07) is 3.21. The number of hydrogen-bond acceptors (Lipinski definition) is 3. The van der Waals surface area contributed by atoms with Crippen LogP contribution >= 0.6 is 0 Å². The first kappa shape index (κ1) is 13.5. The summed E-state index contributed by atoms with van der Waals surface area (Å²) in [5.74, 6) is -2.35. The molecule has 2 N–H and O–H groups in total. The van der Waals surface area contributed by atoms with Crippen LogP contribution in [-0.2, 0) is 9.53 Å². The maximum atomic E-state index is 13.0. The largest absolute Gasteiger partial charge is 0.478 e. The highest BCUT2D eigenvalue weighted by atomic mass is 19.1. The zero-order valence-electron chi connectivity index (χ0n) is 10.2. The molecule has 6 heteroatoms. The number of halogens is 1. The van der Waals surface area contributed by atoms with Crippen LogP contribution in [0.2, 0.25) is 0 Å². The van der Waals surface area contributed by atoms with Gasteiger partial charge in [0.2, 0.25) is 0 Å². The second kappa shape index (κ2) is 5.79. The summed E-state index contributed by atoms with van der Waals surface area (Å²) < 4.78 is 18.3. The molecule has 1 unspecified atom stereocenters. The van der Waals surface area contributed by atoms with Gasteiger partial charge in [-0.1, -0.05) is 0 Å². The monoisotopic (exact) mass is 267 g/mol. The van der Waals surface area contributed by atoms with Gasteiger partial charge in [-0.25, -0.2) is 9.18 Å². The van der Waals surface area contributed by atoms with Crippen LogP contribution in [0.15, 0.2) is 18.2 Å². The Labute approximate surface area is 109 Å². The first-order valence-corrected chi connectivity index (χ1v) is 6.03. The molecule has 1 fully saturated rings. The number of anilines is 1. The second-order valence-electron chi connectivity index (χ2n) is 4.34. The molecule has 0 bridgehead atoms. The summed E-state index contributed by atoms with van der Waals surface area (Å²) in [5, 5.41) is 11.4. The van der Waals surface area contributed by atoms with E-state index in [1.54, 1.807) is 0 Å². The van der Waals surface area contributed by atoms with Crippen molar-refractivity contribution >= 4 is 17.6 Å². The lowest BCUT2D eigenvalue weighted by Crippen LogP contribution is -2.33. The van der Waals surface area contributed by atoms with E-state index in [4.69, 9.17) is 9.84 Å². The number of nitrogens with one attached hydrogen (secondary N) is 1. The number of hydrogen-bond donors (Lipinski definition) is 2. The van der Waals surface area contributed by atoms with E-state index in [2.05, 4.69) is 5.32 Å². The number of aromatic carboxylic acids is 1. The Morgan fingerprint density at radius 3 is 2.79 bits per heavy atom. The van der Waals surface area contributed by atoms with Gasteiger partial charge in [0.05, 0.1) is 11.3 Å². The number of carbonyl (C=O) groups is 2. The zero-order valence-corrected chi connectivity index (χ0v) is 10.2. The highest BCUT2D eigenvalue weighted by Crippen LogP contribution is 2.19. The maximum Gasteiger partial charge on any atom is 0.337 e. The minimum atomic E-state index is -1.29. The van der Waals surface area contributed by atoms with Gasteiger partial charge in [-0.05, 0) is 37.5 Å². The third kappa shape index (κ3) is 3.29. The first-order chi connectivity index (χ1) is 9.08. The molecule has 0 aromatic heterocycles. The Kier molecular flexibility index (Phi) is 4.11. The fraction of sp³-hybridized carbons (Fsp3) is 0.385. The highest BCUT2D eigenvalue weighted by Gasteiger charge is 2.23. The maximum absolute atomic E-state index is 13.0.